The SMILES string of the molecule is COc1cccc(C(CN)C(O)c2cccc(Br)c2)c1. The first-order chi connectivity index (χ1) is 9.65. The summed E-state index contributed by atoms with van der Waals surface area (Å²) in [6.07, 6.45) is -0.649. The Morgan fingerprint density at radius 1 is 1.15 bits per heavy atom. The molecule has 0 heterocycles. The molecule has 2 aromatic carbocycles. The average Bonchev–Trinajstić information content (AvgIpc) is 2.48. The summed E-state index contributed by atoms with van der Waals surface area (Å²) in [5, 5.41) is 10.6. The van der Waals surface area contributed by atoms with Crippen molar-refractivity contribution < 1.29 is 9.84 Å². The van der Waals surface area contributed by atoms with E-state index in [1.165, 1.54) is 0 Å². The highest BCUT2D eigenvalue weighted by Crippen LogP contribution is 2.32. The number of methoxy groups -OCH3 is 1. The third-order valence-electron chi connectivity index (χ3n) is 3.35. The number of halogens is 1. The van der Waals surface area contributed by atoms with Gasteiger partial charge in [0.15, 0.2) is 0 Å². The Kier molecular flexibility index (Phi) is 5.17. The molecule has 0 saturated heterocycles. The van der Waals surface area contributed by atoms with Crippen LogP contribution in [0, 0.1) is 0 Å². The molecule has 0 fully saturated rings. The molecule has 0 aromatic heterocycles. The van der Waals surface area contributed by atoms with E-state index in [2.05, 4.69) is 15.9 Å². The van der Waals surface area contributed by atoms with E-state index in [0.717, 1.165) is 21.3 Å². The van der Waals surface area contributed by atoms with Gasteiger partial charge in [0.1, 0.15) is 5.75 Å². The van der Waals surface area contributed by atoms with Crippen LogP contribution in [0.4, 0.5) is 0 Å². The molecule has 0 saturated carbocycles. The van der Waals surface area contributed by atoms with E-state index in [0.29, 0.717) is 6.54 Å². The molecule has 0 spiro atoms. The van der Waals surface area contributed by atoms with Crippen molar-refractivity contribution in [2.24, 2.45) is 5.73 Å². The van der Waals surface area contributed by atoms with E-state index >= 15 is 0 Å². The van der Waals surface area contributed by atoms with Crippen molar-refractivity contribution >= 4 is 15.9 Å². The van der Waals surface area contributed by atoms with Gasteiger partial charge in [-0.25, -0.2) is 0 Å². The van der Waals surface area contributed by atoms with Gasteiger partial charge in [0.25, 0.3) is 0 Å². The van der Waals surface area contributed by atoms with Gasteiger partial charge in [0.05, 0.1) is 13.2 Å². The lowest BCUT2D eigenvalue weighted by Crippen LogP contribution is -2.20. The average molecular weight is 336 g/mol. The van der Waals surface area contributed by atoms with Crippen molar-refractivity contribution in [1.82, 2.24) is 0 Å². The van der Waals surface area contributed by atoms with Gasteiger partial charge < -0.3 is 15.6 Å². The van der Waals surface area contributed by atoms with E-state index in [1.807, 2.05) is 48.5 Å². The van der Waals surface area contributed by atoms with Crippen molar-refractivity contribution in [1.29, 1.82) is 0 Å². The monoisotopic (exact) mass is 335 g/mol. The molecule has 0 bridgehead atoms. The van der Waals surface area contributed by atoms with Crippen LogP contribution in [0.15, 0.2) is 53.0 Å². The fraction of sp³-hybridized carbons (Fsp3) is 0.250. The Balaban J connectivity index is 2.31. The standard InChI is InChI=1S/C16H18BrNO2/c1-20-14-7-3-4-11(9-14)15(10-18)16(19)12-5-2-6-13(17)8-12/h2-9,15-16,19H,10,18H2,1H3. The first-order valence-electron chi connectivity index (χ1n) is 6.43. The molecule has 2 atom stereocenters. The molecular weight excluding hydrogens is 318 g/mol. The fourth-order valence-corrected chi connectivity index (χ4v) is 2.66. The maximum absolute atomic E-state index is 10.6. The van der Waals surface area contributed by atoms with Crippen molar-refractivity contribution in [3.05, 3.63) is 64.1 Å². The number of nitrogens with two attached hydrogens (primary N) is 1. The highest BCUT2D eigenvalue weighted by atomic mass is 79.9. The Morgan fingerprint density at radius 2 is 1.85 bits per heavy atom. The van der Waals surface area contributed by atoms with Gasteiger partial charge in [-0.1, -0.05) is 40.2 Å². The summed E-state index contributed by atoms with van der Waals surface area (Å²) >= 11 is 3.42. The Morgan fingerprint density at radius 3 is 2.50 bits per heavy atom. The van der Waals surface area contributed by atoms with Gasteiger partial charge in [-0.05, 0) is 35.4 Å². The third-order valence-corrected chi connectivity index (χ3v) is 3.84. The van der Waals surface area contributed by atoms with Crippen molar-refractivity contribution in [3.8, 4) is 5.75 Å². The van der Waals surface area contributed by atoms with Crippen LogP contribution in [-0.4, -0.2) is 18.8 Å². The molecular formula is C16H18BrNO2. The molecule has 0 aliphatic rings. The van der Waals surface area contributed by atoms with Gasteiger partial charge in [-0.3, -0.25) is 0 Å². The minimum absolute atomic E-state index is 0.167. The number of hydrogen-bond acceptors (Lipinski definition) is 3. The molecule has 106 valence electrons. The molecule has 2 rings (SSSR count). The molecule has 0 radical (unpaired) electrons. The van der Waals surface area contributed by atoms with Crippen LogP contribution < -0.4 is 10.5 Å². The van der Waals surface area contributed by atoms with Crippen LogP contribution in [0.1, 0.15) is 23.1 Å². The molecule has 0 aliphatic heterocycles. The van der Waals surface area contributed by atoms with Crippen LogP contribution >= 0.6 is 15.9 Å². The Labute approximate surface area is 127 Å². The lowest BCUT2D eigenvalue weighted by atomic mass is 9.89. The second-order valence-electron chi connectivity index (χ2n) is 4.62. The van der Waals surface area contributed by atoms with Crippen molar-refractivity contribution in [2.75, 3.05) is 13.7 Å². The summed E-state index contributed by atoms with van der Waals surface area (Å²) in [4.78, 5) is 0. The Hall–Kier alpha value is -1.36. The third kappa shape index (κ3) is 3.39. The predicted octanol–water partition coefficient (Wildman–Crippen LogP) is 3.23. The number of rotatable bonds is 5. The maximum Gasteiger partial charge on any atom is 0.119 e. The van der Waals surface area contributed by atoms with Crippen LogP contribution in [0.3, 0.4) is 0 Å². The van der Waals surface area contributed by atoms with E-state index in [1.54, 1.807) is 7.11 Å². The van der Waals surface area contributed by atoms with Gasteiger partial charge in [-0.15, -0.1) is 0 Å². The largest absolute Gasteiger partial charge is 0.497 e. The predicted molar refractivity (Wildman–Crippen MR) is 83.9 cm³/mol. The van der Waals surface area contributed by atoms with Gasteiger partial charge in [-0.2, -0.15) is 0 Å². The van der Waals surface area contributed by atoms with Crippen LogP contribution in [0.5, 0.6) is 5.75 Å². The molecule has 2 unspecified atom stereocenters. The van der Waals surface area contributed by atoms with Gasteiger partial charge in [0, 0.05) is 16.9 Å². The lowest BCUT2D eigenvalue weighted by Gasteiger charge is -2.23. The fourth-order valence-electron chi connectivity index (χ4n) is 2.24. The summed E-state index contributed by atoms with van der Waals surface area (Å²) in [6, 6.07) is 15.3. The zero-order valence-corrected chi connectivity index (χ0v) is 12.9. The summed E-state index contributed by atoms with van der Waals surface area (Å²) in [7, 11) is 1.63. The number of aliphatic hydroxyl groups excluding tert-OH is 1. The summed E-state index contributed by atoms with van der Waals surface area (Å²) in [6.45, 7) is 0.362. The summed E-state index contributed by atoms with van der Waals surface area (Å²) in [5.41, 5.74) is 7.68. The minimum atomic E-state index is -0.649. The van der Waals surface area contributed by atoms with Crippen molar-refractivity contribution in [2.45, 2.75) is 12.0 Å². The molecule has 2 aromatic rings. The zero-order chi connectivity index (χ0) is 14.5. The van der Waals surface area contributed by atoms with E-state index in [-0.39, 0.29) is 5.92 Å². The molecule has 0 amide bonds. The minimum Gasteiger partial charge on any atom is -0.497 e. The summed E-state index contributed by atoms with van der Waals surface area (Å²) < 4.78 is 6.16. The normalized spacial score (nSPS) is 13.8. The number of aliphatic hydroxyl groups is 1. The maximum atomic E-state index is 10.6. The second kappa shape index (κ2) is 6.88. The first-order valence-corrected chi connectivity index (χ1v) is 7.22. The lowest BCUT2D eigenvalue weighted by molar-refractivity contribution is 0.147. The first kappa shape index (κ1) is 15.0. The van der Waals surface area contributed by atoms with Crippen LogP contribution in [-0.2, 0) is 0 Å². The summed E-state index contributed by atoms with van der Waals surface area (Å²) in [5.74, 6) is 0.599. The molecule has 3 N–H and O–H groups in total. The molecule has 0 aliphatic carbocycles. The van der Waals surface area contributed by atoms with Crippen molar-refractivity contribution in [3.63, 3.8) is 0 Å². The number of ether oxygens (including phenoxy) is 1. The van der Waals surface area contributed by atoms with E-state index < -0.39 is 6.10 Å². The van der Waals surface area contributed by atoms with Gasteiger partial charge >= 0.3 is 0 Å². The molecule has 3 nitrogen and oxygen atoms in total. The van der Waals surface area contributed by atoms with Crippen LogP contribution in [0.25, 0.3) is 0 Å². The highest BCUT2D eigenvalue weighted by molar-refractivity contribution is 9.10. The topological polar surface area (TPSA) is 55.5 Å². The molecule has 4 heteroatoms. The highest BCUT2D eigenvalue weighted by Gasteiger charge is 2.22. The second-order valence-corrected chi connectivity index (χ2v) is 5.53. The number of benzene rings is 2. The van der Waals surface area contributed by atoms with E-state index in [9.17, 15) is 5.11 Å². The number of hydrogen-bond donors (Lipinski definition) is 2. The molecule has 20 heavy (non-hydrogen) atoms. The van der Waals surface area contributed by atoms with E-state index in [4.69, 9.17) is 10.5 Å². The Bertz CT molecular complexity index is 574. The zero-order valence-electron chi connectivity index (χ0n) is 11.3. The quantitative estimate of drug-likeness (QED) is 0.881. The van der Waals surface area contributed by atoms with Gasteiger partial charge in [0.2, 0.25) is 0 Å². The van der Waals surface area contributed by atoms with Crippen LogP contribution in [0.2, 0.25) is 0 Å². The smallest absolute Gasteiger partial charge is 0.119 e.